The molecule has 360 valence electrons. The number of carbonyl (C=O) groups is 9. The van der Waals surface area contributed by atoms with Crippen molar-refractivity contribution in [3.8, 4) is 0 Å². The molecule has 1 heterocycles. The van der Waals surface area contributed by atoms with E-state index in [1.54, 1.807) is 13.8 Å². The summed E-state index contributed by atoms with van der Waals surface area (Å²) < 4.78 is 0. The van der Waals surface area contributed by atoms with E-state index in [1.165, 1.54) is 13.8 Å². The molecule has 0 saturated carbocycles. The van der Waals surface area contributed by atoms with Crippen molar-refractivity contribution >= 4 is 53.2 Å². The van der Waals surface area contributed by atoms with Gasteiger partial charge in [0.15, 0.2) is 0 Å². The summed E-state index contributed by atoms with van der Waals surface area (Å²) in [7, 11) is 0. The first-order valence-corrected chi connectivity index (χ1v) is 22.3. The van der Waals surface area contributed by atoms with E-state index < -0.39 is 115 Å². The van der Waals surface area contributed by atoms with Crippen LogP contribution in [0.1, 0.15) is 126 Å². The number of carboxylic acids is 1. The summed E-state index contributed by atoms with van der Waals surface area (Å²) in [6.45, 7) is 14.2. The molecule has 0 unspecified atom stereocenters. The molecule has 14 N–H and O–H groups in total. The topological polar surface area (TPSA) is 342 Å². The van der Waals surface area contributed by atoms with Crippen LogP contribution in [0.2, 0.25) is 0 Å². The molecule has 10 atom stereocenters. The minimum Gasteiger partial charge on any atom is -0.481 e. The smallest absolute Gasteiger partial charge is 0.303 e. The lowest BCUT2D eigenvalue weighted by molar-refractivity contribution is -0.139. The van der Waals surface area contributed by atoms with Crippen molar-refractivity contribution in [1.29, 1.82) is 0 Å². The van der Waals surface area contributed by atoms with Gasteiger partial charge in [-0.15, -0.1) is 0 Å². The van der Waals surface area contributed by atoms with Crippen molar-refractivity contribution < 1.29 is 53.4 Å². The van der Waals surface area contributed by atoms with Gasteiger partial charge in [-0.25, -0.2) is 0 Å². The average Bonchev–Trinajstić information content (AvgIpc) is 3.20. The minimum absolute atomic E-state index is 0.0316. The number of aliphatic hydroxyl groups is 1. The number of aliphatic carboxylic acids is 1. The van der Waals surface area contributed by atoms with E-state index in [4.69, 9.17) is 11.5 Å². The third kappa shape index (κ3) is 20.9. The Hall–Kier alpha value is -4.89. The summed E-state index contributed by atoms with van der Waals surface area (Å²) in [5.74, 6) is -7.41. The van der Waals surface area contributed by atoms with Crippen molar-refractivity contribution in [1.82, 2.24) is 42.5 Å². The molecule has 0 bridgehead atoms. The highest BCUT2D eigenvalue weighted by molar-refractivity contribution is 5.98. The molecule has 0 aliphatic carbocycles. The largest absolute Gasteiger partial charge is 0.481 e. The predicted octanol–water partition coefficient (Wildman–Crippen LogP) is -1.46. The van der Waals surface area contributed by atoms with E-state index in [0.29, 0.717) is 32.1 Å². The van der Waals surface area contributed by atoms with E-state index in [1.807, 2.05) is 27.7 Å². The highest BCUT2D eigenvalue weighted by atomic mass is 16.4. The van der Waals surface area contributed by atoms with Gasteiger partial charge >= 0.3 is 5.97 Å². The normalized spacial score (nSPS) is 20.9. The molecule has 1 aliphatic heterocycles. The number of rotatable bonds is 24. The van der Waals surface area contributed by atoms with Gasteiger partial charge in [0.25, 0.3) is 0 Å². The SMILES string of the molecule is CC[C@H](C)[C@@H]1NC(=O)[C@H](CC(C)C)NC(=O)[C@@H](NC(=O)[C@H](CCC(=O)O)NC(=O)[C@H](CCCCN)NC(=O)[C@H](CC(C)C)NC(=O)[C@@H](NC(=O)[C@H](C)N)[C@@H](C)O)CCCCNC1=O. The van der Waals surface area contributed by atoms with Crippen molar-refractivity contribution in [2.45, 2.75) is 180 Å². The lowest BCUT2D eigenvalue weighted by Crippen LogP contribution is -2.61. The van der Waals surface area contributed by atoms with Crippen LogP contribution in [0.25, 0.3) is 0 Å². The van der Waals surface area contributed by atoms with Crippen LogP contribution in [0.15, 0.2) is 0 Å². The molecule has 0 aromatic heterocycles. The fourth-order valence-electron chi connectivity index (χ4n) is 6.76. The molecular formula is C42H76N10O11. The molecule has 8 amide bonds. The fourth-order valence-corrected chi connectivity index (χ4v) is 6.76. The molecule has 1 saturated heterocycles. The zero-order valence-electron chi connectivity index (χ0n) is 38.3. The van der Waals surface area contributed by atoms with E-state index in [-0.39, 0.29) is 62.4 Å². The molecule has 0 aromatic rings. The number of amides is 8. The summed E-state index contributed by atoms with van der Waals surface area (Å²) in [6, 6.07) is -9.64. The van der Waals surface area contributed by atoms with Crippen LogP contribution in [-0.2, 0) is 43.2 Å². The molecule has 0 aromatic carbocycles. The molecule has 21 nitrogen and oxygen atoms in total. The number of hydrogen-bond acceptors (Lipinski definition) is 12. The predicted molar refractivity (Wildman–Crippen MR) is 234 cm³/mol. The third-order valence-electron chi connectivity index (χ3n) is 10.7. The van der Waals surface area contributed by atoms with Crippen LogP contribution >= 0.6 is 0 Å². The van der Waals surface area contributed by atoms with Gasteiger partial charge in [-0.2, -0.15) is 0 Å². The van der Waals surface area contributed by atoms with Gasteiger partial charge in [0.1, 0.15) is 42.3 Å². The molecular weight excluding hydrogens is 821 g/mol. The maximum Gasteiger partial charge on any atom is 0.303 e. The highest BCUT2D eigenvalue weighted by Gasteiger charge is 2.36. The number of nitrogens with one attached hydrogen (secondary N) is 8. The summed E-state index contributed by atoms with van der Waals surface area (Å²) in [5.41, 5.74) is 11.3. The Morgan fingerprint density at radius 2 is 1.33 bits per heavy atom. The average molecular weight is 897 g/mol. The maximum absolute atomic E-state index is 14.0. The Morgan fingerprint density at radius 3 is 1.87 bits per heavy atom. The van der Waals surface area contributed by atoms with Crippen molar-refractivity contribution in [2.75, 3.05) is 13.1 Å². The van der Waals surface area contributed by atoms with E-state index >= 15 is 0 Å². The number of carboxylic acid groups (broad SMARTS) is 1. The van der Waals surface area contributed by atoms with Crippen LogP contribution < -0.4 is 54.0 Å². The first-order valence-electron chi connectivity index (χ1n) is 22.3. The molecule has 0 spiro atoms. The zero-order valence-corrected chi connectivity index (χ0v) is 38.3. The van der Waals surface area contributed by atoms with Gasteiger partial charge in [0, 0.05) is 13.0 Å². The Bertz CT molecular complexity index is 1540. The molecule has 21 heteroatoms. The summed E-state index contributed by atoms with van der Waals surface area (Å²) in [6.07, 6.45) is 0.270. The van der Waals surface area contributed by atoms with Crippen LogP contribution in [-0.4, -0.2) is 131 Å². The molecule has 1 fully saturated rings. The quantitative estimate of drug-likeness (QED) is 0.0494. The standard InChI is InChI=1S/C42H76N10O11/c1-9-24(6)33-41(62)45-19-13-11-15-28(37(58)49-31(21-23(4)5)40(61)51-33)46-38(59)29(16-17-32(54)55)48-36(57)27(14-10-12-18-43)47-39(60)30(20-22(2)3)50-42(63)34(26(8)53)52-35(56)25(7)44/h22-31,33-34,53H,9-21,43-44H2,1-8H3,(H,45,62)(H,46,59)(H,47,60)(H,48,57)(H,49,58)(H,50,63)(H,51,61)(H,52,56)(H,54,55)/t24-,25-,26+,27-,28-,29-,30-,31-,33-,34-/m0/s1. The van der Waals surface area contributed by atoms with E-state index in [2.05, 4.69) is 42.5 Å². The summed E-state index contributed by atoms with van der Waals surface area (Å²) in [5, 5.41) is 41.0. The van der Waals surface area contributed by atoms with Crippen molar-refractivity contribution in [3.63, 3.8) is 0 Å². The van der Waals surface area contributed by atoms with Gasteiger partial charge in [0.05, 0.1) is 12.1 Å². The third-order valence-corrected chi connectivity index (χ3v) is 10.7. The maximum atomic E-state index is 14.0. The number of hydrogen-bond donors (Lipinski definition) is 12. The second kappa shape index (κ2) is 28.7. The molecule has 1 aliphatic rings. The fraction of sp³-hybridized carbons (Fsp3) is 0.786. The first kappa shape index (κ1) is 56.1. The van der Waals surface area contributed by atoms with Crippen LogP contribution in [0.4, 0.5) is 0 Å². The molecule has 0 radical (unpaired) electrons. The number of aliphatic hydroxyl groups excluding tert-OH is 1. The summed E-state index contributed by atoms with van der Waals surface area (Å²) >= 11 is 0. The van der Waals surface area contributed by atoms with Gasteiger partial charge in [-0.3, -0.25) is 43.2 Å². The van der Waals surface area contributed by atoms with Crippen molar-refractivity contribution in [2.24, 2.45) is 29.2 Å². The Morgan fingerprint density at radius 1 is 0.730 bits per heavy atom. The van der Waals surface area contributed by atoms with Gasteiger partial charge in [0.2, 0.25) is 47.3 Å². The lowest BCUT2D eigenvalue weighted by Gasteiger charge is -2.29. The van der Waals surface area contributed by atoms with Gasteiger partial charge in [-0.1, -0.05) is 48.0 Å². The lowest BCUT2D eigenvalue weighted by atomic mass is 9.96. The van der Waals surface area contributed by atoms with E-state index in [9.17, 15) is 53.4 Å². The second-order valence-corrected chi connectivity index (χ2v) is 17.5. The Balaban J connectivity index is 3.46. The van der Waals surface area contributed by atoms with Gasteiger partial charge < -0.3 is 64.2 Å². The Kier molecular flexibility index (Phi) is 25.6. The second-order valence-electron chi connectivity index (χ2n) is 17.5. The molecule has 63 heavy (non-hydrogen) atoms. The zero-order chi connectivity index (χ0) is 48.0. The van der Waals surface area contributed by atoms with Crippen LogP contribution in [0.5, 0.6) is 0 Å². The number of carbonyl (C=O) groups excluding carboxylic acids is 8. The molecule has 1 rings (SSSR count). The minimum atomic E-state index is -1.50. The number of unbranched alkanes of at least 4 members (excludes halogenated alkanes) is 1. The van der Waals surface area contributed by atoms with Crippen molar-refractivity contribution in [3.05, 3.63) is 0 Å². The van der Waals surface area contributed by atoms with Crippen LogP contribution in [0, 0.1) is 17.8 Å². The Labute approximate surface area is 371 Å². The number of nitrogens with two attached hydrogens (primary N) is 2. The van der Waals surface area contributed by atoms with Crippen LogP contribution in [0.3, 0.4) is 0 Å². The highest BCUT2D eigenvalue weighted by Crippen LogP contribution is 2.14. The van der Waals surface area contributed by atoms with Gasteiger partial charge in [-0.05, 0) is 95.9 Å². The monoisotopic (exact) mass is 897 g/mol. The first-order chi connectivity index (χ1) is 29.5. The van der Waals surface area contributed by atoms with E-state index in [0.717, 1.165) is 0 Å². The summed E-state index contributed by atoms with van der Waals surface area (Å²) in [4.78, 5) is 120.